The van der Waals surface area contributed by atoms with Gasteiger partial charge in [0.05, 0.1) is 16.9 Å². The van der Waals surface area contributed by atoms with Crippen molar-refractivity contribution in [2.45, 2.75) is 45.4 Å². The molecule has 0 fully saturated rings. The molecule has 13 rings (SSSR count). The minimum Gasteiger partial charge on any atom is -0.289 e. The average Bonchev–Trinajstić information content (AvgIpc) is 4.08. The Kier molecular flexibility index (Phi) is 10.9. The molecule has 0 atom stereocenters. The van der Waals surface area contributed by atoms with Crippen molar-refractivity contribution in [1.82, 2.24) is 0 Å². The molecule has 7 aromatic carbocycles. The van der Waals surface area contributed by atoms with Crippen LogP contribution in [0.4, 0.5) is 0 Å². The third-order valence-electron chi connectivity index (χ3n) is 16.2. The monoisotopic (exact) mass is 1020 g/mol. The van der Waals surface area contributed by atoms with Crippen LogP contribution in [-0.4, -0.2) is 11.6 Å². The second-order valence-electron chi connectivity index (χ2n) is 20.6. The van der Waals surface area contributed by atoms with Gasteiger partial charge in [-0.25, -0.2) is 0 Å². The van der Waals surface area contributed by atoms with E-state index in [9.17, 15) is 25.4 Å². The van der Waals surface area contributed by atoms with E-state index in [0.717, 1.165) is 103 Å². The summed E-state index contributed by atoms with van der Waals surface area (Å²) in [5.41, 5.74) is 18.7. The van der Waals surface area contributed by atoms with Crippen LogP contribution in [0.5, 0.6) is 0 Å². The molecule has 2 aromatic heterocycles. The summed E-state index contributed by atoms with van der Waals surface area (Å²) < 4.78 is 0. The third kappa shape index (κ3) is 6.80. The van der Waals surface area contributed by atoms with Crippen LogP contribution in [0.15, 0.2) is 192 Å². The molecule has 9 aromatic rings. The topological polar surface area (TPSA) is 106 Å². The van der Waals surface area contributed by atoms with E-state index in [1.165, 1.54) is 0 Å². The van der Waals surface area contributed by atoms with Gasteiger partial charge in [-0.05, 0) is 138 Å². The number of aryl methyl sites for hydroxylation is 4. The van der Waals surface area contributed by atoms with Gasteiger partial charge >= 0.3 is 0 Å². The van der Waals surface area contributed by atoms with Crippen molar-refractivity contribution in [1.29, 1.82) is 15.8 Å². The Morgan fingerprint density at radius 2 is 0.753 bits per heavy atom. The number of nitriles is 3. The zero-order valence-corrected chi connectivity index (χ0v) is 44.4. The number of nitrogens with zero attached hydrogens (tertiary/aromatic N) is 3. The average molecular weight is 1020 g/mol. The highest BCUT2D eigenvalue weighted by Crippen LogP contribution is 2.65. The molecule has 364 valence electrons. The molecular formula is C70H45N3O2S2. The van der Waals surface area contributed by atoms with Gasteiger partial charge in [0, 0.05) is 58.5 Å². The highest BCUT2D eigenvalue weighted by Gasteiger charge is 2.53. The van der Waals surface area contributed by atoms with Gasteiger partial charge in [0.2, 0.25) is 0 Å². The molecule has 4 aliphatic rings. The number of benzene rings is 7. The Bertz CT molecular complexity index is 4250. The van der Waals surface area contributed by atoms with Crippen molar-refractivity contribution in [3.8, 4) is 39.1 Å². The van der Waals surface area contributed by atoms with E-state index in [1.807, 2.05) is 54.6 Å². The highest BCUT2D eigenvalue weighted by atomic mass is 32.1. The number of hydrogen-bond acceptors (Lipinski definition) is 7. The minimum atomic E-state index is -0.835. The maximum absolute atomic E-state index is 14.4. The van der Waals surface area contributed by atoms with E-state index in [2.05, 4.69) is 167 Å². The molecule has 0 aliphatic heterocycles. The van der Waals surface area contributed by atoms with Crippen molar-refractivity contribution < 1.29 is 9.59 Å². The van der Waals surface area contributed by atoms with E-state index in [4.69, 9.17) is 0 Å². The summed E-state index contributed by atoms with van der Waals surface area (Å²) in [6.07, 6.45) is 3.89. The number of ketones is 2. The molecule has 4 aliphatic carbocycles. The van der Waals surface area contributed by atoms with Crippen LogP contribution in [0.2, 0.25) is 0 Å². The number of carbonyl (C=O) groups excluding carboxylic acids is 2. The lowest BCUT2D eigenvalue weighted by atomic mass is 9.65. The number of rotatable bonds is 6. The summed E-state index contributed by atoms with van der Waals surface area (Å²) in [6.45, 7) is 10.2. The summed E-state index contributed by atoms with van der Waals surface area (Å²) in [7, 11) is 0. The van der Waals surface area contributed by atoms with Crippen LogP contribution >= 0.6 is 22.7 Å². The van der Waals surface area contributed by atoms with Crippen LogP contribution in [0.3, 0.4) is 0 Å². The third-order valence-corrected chi connectivity index (χ3v) is 18.4. The maximum Gasteiger partial charge on any atom is 0.194 e. The summed E-state index contributed by atoms with van der Waals surface area (Å²) in [5.74, 6) is -0.308. The van der Waals surface area contributed by atoms with E-state index >= 15 is 0 Å². The van der Waals surface area contributed by atoms with E-state index in [0.29, 0.717) is 44.6 Å². The van der Waals surface area contributed by atoms with Crippen molar-refractivity contribution in [2.75, 3.05) is 0 Å². The lowest BCUT2D eigenvalue weighted by Crippen LogP contribution is -2.30. The fourth-order valence-electron chi connectivity index (χ4n) is 12.6. The summed E-state index contributed by atoms with van der Waals surface area (Å²) >= 11 is 3.30. The molecule has 0 spiro atoms. The summed E-state index contributed by atoms with van der Waals surface area (Å²) in [5, 5.41) is 30.9. The molecule has 0 bridgehead atoms. The van der Waals surface area contributed by atoms with E-state index in [1.54, 1.807) is 35.7 Å². The molecule has 0 N–H and O–H groups in total. The second kappa shape index (κ2) is 17.7. The fourth-order valence-corrected chi connectivity index (χ4v) is 15.0. The standard InChI is InChI=1S/C70H45N3O2S2/c1-39-14-22-45(23-15-39)69(46-24-16-40(2)17-25-46)59-35-56-60(34-55(59)67-61(69)32-49(76-67)30-57-63(43(5)36-71)51-10-6-8-12-53(51)65(57)74)70(47-26-18-41(3)19-27-47,48-28-20-42(4)21-29-48)62-33-50(77-68(56)62)31-58-64(44(37-72)38-73)52-11-7-9-13-54(52)66(58)75/h6-35H,1-5H3/b57-30-,58-31-,63-43?. The Labute approximate surface area is 455 Å². The van der Waals surface area contributed by atoms with Gasteiger partial charge in [0.15, 0.2) is 11.6 Å². The van der Waals surface area contributed by atoms with Gasteiger partial charge in [-0.1, -0.05) is 168 Å². The lowest BCUT2D eigenvalue weighted by Gasteiger charge is -2.35. The van der Waals surface area contributed by atoms with Crippen LogP contribution < -0.4 is 0 Å². The molecule has 2 heterocycles. The lowest BCUT2D eigenvalue weighted by molar-refractivity contribution is 0.103. The largest absolute Gasteiger partial charge is 0.289 e. The van der Waals surface area contributed by atoms with E-state index in [-0.39, 0.29) is 17.1 Å². The predicted octanol–water partition coefficient (Wildman–Crippen LogP) is 16.4. The first-order valence-corrected chi connectivity index (χ1v) is 27.2. The van der Waals surface area contributed by atoms with Gasteiger partial charge in [-0.15, -0.1) is 22.7 Å². The zero-order valence-electron chi connectivity index (χ0n) is 42.8. The maximum atomic E-state index is 14.4. The quantitative estimate of drug-likeness (QED) is 0.122. The van der Waals surface area contributed by atoms with Crippen molar-refractivity contribution in [2.24, 2.45) is 0 Å². The van der Waals surface area contributed by atoms with Crippen molar-refractivity contribution in [3.63, 3.8) is 0 Å². The zero-order chi connectivity index (χ0) is 53.1. The number of carbonyl (C=O) groups is 2. The van der Waals surface area contributed by atoms with Gasteiger partial charge in [0.1, 0.15) is 17.7 Å². The molecule has 0 saturated carbocycles. The Hall–Kier alpha value is -9.29. The number of thiophene rings is 2. The predicted molar refractivity (Wildman–Crippen MR) is 310 cm³/mol. The fraction of sp³-hybridized carbons (Fsp3) is 0.100. The molecule has 77 heavy (non-hydrogen) atoms. The SMILES string of the molecule is CC(C#N)=C1/C(=C/c2cc3c(s2)-c2cc4c(cc2C3(c2ccc(C)cc2)c2ccc(C)cc2)-c2sc(/C=C3\C(=O)c5ccccc5C3=C(C#N)C#N)cc2C4(c2ccc(C)cc2)c2ccc(C)cc2)C(=O)c2ccccc21. The number of allylic oxidation sites excluding steroid dienone is 6. The minimum absolute atomic E-state index is 0.0907. The van der Waals surface area contributed by atoms with E-state index < -0.39 is 10.8 Å². The molecule has 5 nitrogen and oxygen atoms in total. The molecule has 0 amide bonds. The first kappa shape index (κ1) is 47.4. The molecule has 0 radical (unpaired) electrons. The first-order valence-electron chi connectivity index (χ1n) is 25.5. The van der Waals surface area contributed by atoms with Crippen LogP contribution in [0, 0.1) is 61.7 Å². The van der Waals surface area contributed by atoms with Crippen molar-refractivity contribution in [3.05, 3.63) is 291 Å². The van der Waals surface area contributed by atoms with Crippen LogP contribution in [-0.2, 0) is 10.8 Å². The van der Waals surface area contributed by atoms with Crippen molar-refractivity contribution >= 4 is 57.5 Å². The second-order valence-corrected chi connectivity index (χ2v) is 22.8. The van der Waals surface area contributed by atoms with Gasteiger partial charge in [0.25, 0.3) is 0 Å². The number of hydrogen-bond donors (Lipinski definition) is 0. The van der Waals surface area contributed by atoms with Crippen LogP contribution in [0.25, 0.3) is 44.2 Å². The highest BCUT2D eigenvalue weighted by molar-refractivity contribution is 7.17. The Morgan fingerprint density at radius 1 is 0.416 bits per heavy atom. The summed E-state index contributed by atoms with van der Waals surface area (Å²) in [6, 6.07) is 66.2. The molecular weight excluding hydrogens is 979 g/mol. The Morgan fingerprint density at radius 3 is 1.10 bits per heavy atom. The number of Topliss-reactive ketones (excluding diaryl/α,β-unsaturated/α-hetero) is 2. The summed E-state index contributed by atoms with van der Waals surface area (Å²) in [4.78, 5) is 32.8. The van der Waals surface area contributed by atoms with Gasteiger partial charge < -0.3 is 0 Å². The smallest absolute Gasteiger partial charge is 0.194 e. The normalized spacial score (nSPS) is 16.5. The molecule has 0 unspecified atom stereocenters. The van der Waals surface area contributed by atoms with Gasteiger partial charge in [-0.3, -0.25) is 9.59 Å². The first-order chi connectivity index (χ1) is 37.4. The van der Waals surface area contributed by atoms with Gasteiger partial charge in [-0.2, -0.15) is 15.8 Å². The number of fused-ring (bicyclic) bond motifs is 8. The Balaban J connectivity index is 1.13. The van der Waals surface area contributed by atoms with Crippen LogP contribution in [0.1, 0.15) is 115 Å². The molecule has 7 heteroatoms. The molecule has 0 saturated heterocycles.